The molecule has 1 aliphatic heterocycles. The summed E-state index contributed by atoms with van der Waals surface area (Å²) in [6.45, 7) is 7.00. The number of carbonyl (C=O) groups is 2. The number of benzene rings is 1. The van der Waals surface area contributed by atoms with Crippen molar-refractivity contribution in [1.29, 1.82) is 0 Å². The predicted molar refractivity (Wildman–Crippen MR) is 116 cm³/mol. The molecule has 1 aromatic carbocycles. The van der Waals surface area contributed by atoms with Gasteiger partial charge < -0.3 is 19.8 Å². The summed E-state index contributed by atoms with van der Waals surface area (Å²) in [5, 5.41) is 6.55. The summed E-state index contributed by atoms with van der Waals surface area (Å²) in [6.07, 6.45) is 1.54. The van der Waals surface area contributed by atoms with Crippen molar-refractivity contribution in [3.05, 3.63) is 46.4 Å². The topological polar surface area (TPSA) is 83.8 Å². The van der Waals surface area contributed by atoms with Gasteiger partial charge in [-0.2, -0.15) is 0 Å². The quantitative estimate of drug-likeness (QED) is 0.724. The molecular weight excluding hydrogens is 406 g/mol. The summed E-state index contributed by atoms with van der Waals surface area (Å²) in [6, 6.07) is 6.72. The number of halogens is 1. The molecule has 0 bridgehead atoms. The average molecular weight is 434 g/mol. The molecule has 1 unspecified atom stereocenters. The van der Waals surface area contributed by atoms with Gasteiger partial charge in [0, 0.05) is 30.2 Å². The highest BCUT2D eigenvalue weighted by Crippen LogP contribution is 2.31. The molecule has 0 spiro atoms. The largest absolute Gasteiger partial charge is 0.495 e. The van der Waals surface area contributed by atoms with Gasteiger partial charge in [0.1, 0.15) is 11.5 Å². The number of carbonyl (C=O) groups excluding carboxylic acids is 2. The van der Waals surface area contributed by atoms with Gasteiger partial charge in [0.2, 0.25) is 5.91 Å². The maximum atomic E-state index is 12.8. The molecule has 0 saturated carbocycles. The van der Waals surface area contributed by atoms with E-state index < -0.39 is 0 Å². The number of methoxy groups -OCH3 is 1. The van der Waals surface area contributed by atoms with Gasteiger partial charge in [0.05, 0.1) is 18.8 Å². The maximum Gasteiger partial charge on any atom is 0.287 e. The number of nitrogens with one attached hydrogen (secondary N) is 2. The molecule has 7 nitrogen and oxygen atoms in total. The van der Waals surface area contributed by atoms with E-state index in [1.807, 2.05) is 26.8 Å². The Hall–Kier alpha value is -2.51. The van der Waals surface area contributed by atoms with E-state index in [0.717, 1.165) is 18.4 Å². The van der Waals surface area contributed by atoms with Crippen molar-refractivity contribution in [2.24, 2.45) is 0 Å². The van der Waals surface area contributed by atoms with E-state index in [-0.39, 0.29) is 23.9 Å². The SMILES string of the molecule is COc1cc(Cl)c(C)cc1NC(=O)C(C)N1CCC(NC(=O)c2ccc(C)o2)CC1. The molecule has 1 saturated heterocycles. The smallest absolute Gasteiger partial charge is 0.287 e. The molecule has 2 heterocycles. The van der Waals surface area contributed by atoms with Crippen LogP contribution in [0.1, 0.15) is 41.6 Å². The van der Waals surface area contributed by atoms with Crippen molar-refractivity contribution < 1.29 is 18.7 Å². The Morgan fingerprint density at radius 2 is 1.93 bits per heavy atom. The number of hydrogen-bond acceptors (Lipinski definition) is 5. The van der Waals surface area contributed by atoms with Crippen LogP contribution in [0.3, 0.4) is 0 Å². The molecule has 8 heteroatoms. The minimum absolute atomic E-state index is 0.0634. The highest BCUT2D eigenvalue weighted by molar-refractivity contribution is 6.31. The molecule has 0 aliphatic carbocycles. The number of likely N-dealkylation sites (tertiary alicyclic amines) is 1. The minimum Gasteiger partial charge on any atom is -0.495 e. The molecule has 1 fully saturated rings. The first-order valence-electron chi connectivity index (χ1n) is 10.0. The number of rotatable bonds is 6. The van der Waals surface area contributed by atoms with Crippen LogP contribution in [-0.2, 0) is 4.79 Å². The molecule has 3 rings (SSSR count). The van der Waals surface area contributed by atoms with E-state index in [4.69, 9.17) is 20.8 Å². The Kier molecular flexibility index (Phi) is 7.05. The molecule has 1 atom stereocenters. The van der Waals surface area contributed by atoms with Crippen molar-refractivity contribution in [3.63, 3.8) is 0 Å². The van der Waals surface area contributed by atoms with Crippen LogP contribution in [0.5, 0.6) is 5.75 Å². The van der Waals surface area contributed by atoms with Gasteiger partial charge >= 0.3 is 0 Å². The van der Waals surface area contributed by atoms with E-state index in [1.165, 1.54) is 0 Å². The fourth-order valence-corrected chi connectivity index (χ4v) is 3.73. The van der Waals surface area contributed by atoms with Crippen LogP contribution in [0.15, 0.2) is 28.7 Å². The number of aryl methyl sites for hydroxylation is 2. The Morgan fingerprint density at radius 1 is 1.23 bits per heavy atom. The Bertz CT molecular complexity index is 919. The third kappa shape index (κ3) is 5.15. The second kappa shape index (κ2) is 9.53. The van der Waals surface area contributed by atoms with Crippen LogP contribution in [-0.4, -0.2) is 49.0 Å². The van der Waals surface area contributed by atoms with Crippen molar-refractivity contribution in [1.82, 2.24) is 10.2 Å². The number of anilines is 1. The van der Waals surface area contributed by atoms with Crippen LogP contribution < -0.4 is 15.4 Å². The molecule has 162 valence electrons. The fourth-order valence-electron chi connectivity index (χ4n) is 3.58. The lowest BCUT2D eigenvalue weighted by molar-refractivity contribution is -0.121. The van der Waals surface area contributed by atoms with Gasteiger partial charge in [-0.15, -0.1) is 0 Å². The summed E-state index contributed by atoms with van der Waals surface area (Å²) in [5.74, 6) is 1.26. The Balaban J connectivity index is 1.53. The highest BCUT2D eigenvalue weighted by atomic mass is 35.5. The predicted octanol–water partition coefficient (Wildman–Crippen LogP) is 3.78. The van der Waals surface area contributed by atoms with Gasteiger partial charge in [0.25, 0.3) is 5.91 Å². The minimum atomic E-state index is -0.310. The summed E-state index contributed by atoms with van der Waals surface area (Å²) in [7, 11) is 1.54. The summed E-state index contributed by atoms with van der Waals surface area (Å²) in [5.41, 5.74) is 1.47. The zero-order valence-corrected chi connectivity index (χ0v) is 18.5. The number of furan rings is 1. The average Bonchev–Trinajstić information content (AvgIpc) is 3.17. The molecule has 1 aromatic heterocycles. The Labute approximate surface area is 181 Å². The number of piperidine rings is 1. The van der Waals surface area contributed by atoms with Gasteiger partial charge in [-0.3, -0.25) is 14.5 Å². The van der Waals surface area contributed by atoms with Gasteiger partial charge in [0.15, 0.2) is 5.76 Å². The second-order valence-corrected chi connectivity index (χ2v) is 8.07. The van der Waals surface area contributed by atoms with E-state index in [9.17, 15) is 9.59 Å². The fraction of sp³-hybridized carbons (Fsp3) is 0.455. The summed E-state index contributed by atoms with van der Waals surface area (Å²) >= 11 is 6.14. The first kappa shape index (κ1) is 22.2. The van der Waals surface area contributed by atoms with Crippen molar-refractivity contribution >= 4 is 29.1 Å². The van der Waals surface area contributed by atoms with Gasteiger partial charge in [-0.1, -0.05) is 11.6 Å². The van der Waals surface area contributed by atoms with Crippen LogP contribution >= 0.6 is 11.6 Å². The van der Waals surface area contributed by atoms with Crippen LogP contribution in [0.25, 0.3) is 0 Å². The third-order valence-electron chi connectivity index (χ3n) is 5.49. The van der Waals surface area contributed by atoms with Crippen LogP contribution in [0.2, 0.25) is 5.02 Å². The number of hydrogen-bond donors (Lipinski definition) is 2. The normalized spacial score (nSPS) is 16.2. The lowest BCUT2D eigenvalue weighted by Crippen LogP contribution is -2.50. The zero-order chi connectivity index (χ0) is 21.8. The standard InChI is InChI=1S/C22H28ClN3O4/c1-13-11-18(20(29-4)12-17(13)23)25-21(27)15(3)26-9-7-16(8-10-26)24-22(28)19-6-5-14(2)30-19/h5-6,11-12,15-16H,7-10H2,1-4H3,(H,24,28)(H,25,27). The monoisotopic (exact) mass is 433 g/mol. The van der Waals surface area contributed by atoms with Crippen molar-refractivity contribution in [2.75, 3.05) is 25.5 Å². The number of nitrogens with zero attached hydrogens (tertiary/aromatic N) is 1. The third-order valence-corrected chi connectivity index (χ3v) is 5.90. The van der Waals surface area contributed by atoms with E-state index in [0.29, 0.717) is 41.1 Å². The summed E-state index contributed by atoms with van der Waals surface area (Å²) < 4.78 is 10.7. The van der Waals surface area contributed by atoms with E-state index in [1.54, 1.807) is 25.3 Å². The van der Waals surface area contributed by atoms with Crippen LogP contribution in [0.4, 0.5) is 5.69 Å². The summed E-state index contributed by atoms with van der Waals surface area (Å²) in [4.78, 5) is 27.2. The van der Waals surface area contributed by atoms with Gasteiger partial charge in [-0.25, -0.2) is 0 Å². The molecular formula is C22H28ClN3O4. The lowest BCUT2D eigenvalue weighted by Gasteiger charge is -2.35. The first-order chi connectivity index (χ1) is 14.3. The maximum absolute atomic E-state index is 12.8. The molecule has 0 radical (unpaired) electrons. The van der Waals surface area contributed by atoms with E-state index in [2.05, 4.69) is 15.5 Å². The molecule has 30 heavy (non-hydrogen) atoms. The number of amides is 2. The Morgan fingerprint density at radius 3 is 2.53 bits per heavy atom. The molecule has 2 N–H and O–H groups in total. The molecule has 2 aromatic rings. The molecule has 2 amide bonds. The van der Waals surface area contributed by atoms with Crippen LogP contribution in [0, 0.1) is 13.8 Å². The van der Waals surface area contributed by atoms with E-state index >= 15 is 0 Å². The van der Waals surface area contributed by atoms with Crippen molar-refractivity contribution in [3.8, 4) is 5.75 Å². The van der Waals surface area contributed by atoms with Gasteiger partial charge in [-0.05, 0) is 57.4 Å². The van der Waals surface area contributed by atoms with Crippen molar-refractivity contribution in [2.45, 2.75) is 45.7 Å². The lowest BCUT2D eigenvalue weighted by atomic mass is 10.0. The second-order valence-electron chi connectivity index (χ2n) is 7.66. The zero-order valence-electron chi connectivity index (χ0n) is 17.8. The number of ether oxygens (including phenoxy) is 1. The highest BCUT2D eigenvalue weighted by Gasteiger charge is 2.28. The first-order valence-corrected chi connectivity index (χ1v) is 10.4. The molecule has 1 aliphatic rings.